The van der Waals surface area contributed by atoms with Crippen molar-refractivity contribution in [1.29, 1.82) is 0 Å². The molecule has 1 aliphatic rings. The number of ether oxygens (including phenoxy) is 3. The zero-order chi connectivity index (χ0) is 16.4. The fourth-order valence-electron chi connectivity index (χ4n) is 1.56. The molecule has 1 heterocycles. The predicted octanol–water partition coefficient (Wildman–Crippen LogP) is 0.532. The van der Waals surface area contributed by atoms with Crippen LogP contribution in [-0.4, -0.2) is 41.7 Å². The molecule has 8 heteroatoms. The quantitative estimate of drug-likeness (QED) is 0.598. The number of amides is 1. The van der Waals surface area contributed by atoms with Crippen molar-refractivity contribution >= 4 is 23.8 Å². The lowest BCUT2D eigenvalue weighted by atomic mass is 10.0. The first-order chi connectivity index (χ1) is 9.41. The summed E-state index contributed by atoms with van der Waals surface area (Å²) in [5.41, 5.74) is -0.722. The number of hydrogen-bond acceptors (Lipinski definition) is 7. The molecule has 0 bridgehead atoms. The van der Waals surface area contributed by atoms with Gasteiger partial charge in [0.2, 0.25) is 5.92 Å². The van der Waals surface area contributed by atoms with Gasteiger partial charge in [0.1, 0.15) is 5.60 Å². The number of carbonyl (C=O) groups is 4. The van der Waals surface area contributed by atoms with Crippen molar-refractivity contribution < 1.29 is 33.4 Å². The monoisotopic (exact) mass is 301 g/mol. The van der Waals surface area contributed by atoms with E-state index in [2.05, 4.69) is 5.32 Å². The van der Waals surface area contributed by atoms with Crippen LogP contribution in [0.4, 0.5) is 4.79 Å². The summed E-state index contributed by atoms with van der Waals surface area (Å²) < 4.78 is 14.6. The molecule has 0 aromatic rings. The summed E-state index contributed by atoms with van der Waals surface area (Å²) in [4.78, 5) is 46.5. The summed E-state index contributed by atoms with van der Waals surface area (Å²) >= 11 is 0. The van der Waals surface area contributed by atoms with E-state index in [1.165, 1.54) is 13.8 Å². The number of alkyl carbamates (subject to hydrolysis) is 1. The van der Waals surface area contributed by atoms with Crippen LogP contribution >= 0.6 is 0 Å². The van der Waals surface area contributed by atoms with Crippen LogP contribution in [-0.2, 0) is 28.6 Å². The van der Waals surface area contributed by atoms with Crippen molar-refractivity contribution in [3.63, 3.8) is 0 Å². The molecule has 21 heavy (non-hydrogen) atoms. The van der Waals surface area contributed by atoms with Gasteiger partial charge in [-0.05, 0) is 20.8 Å². The van der Waals surface area contributed by atoms with Crippen molar-refractivity contribution in [3.05, 3.63) is 0 Å². The molecule has 0 aromatic carbocycles. The van der Waals surface area contributed by atoms with Crippen LogP contribution in [0.3, 0.4) is 0 Å². The summed E-state index contributed by atoms with van der Waals surface area (Å²) in [5.74, 6) is -5.90. The minimum absolute atomic E-state index is 0.537. The van der Waals surface area contributed by atoms with Gasteiger partial charge < -0.3 is 19.5 Å². The molecule has 118 valence electrons. The maximum atomic E-state index is 11.8. The maximum absolute atomic E-state index is 11.8. The van der Waals surface area contributed by atoms with E-state index < -0.39 is 47.7 Å². The first-order valence-electron chi connectivity index (χ1n) is 6.36. The summed E-state index contributed by atoms with van der Waals surface area (Å²) in [6.07, 6.45) is -0.825. The minimum Gasteiger partial charge on any atom is -0.444 e. The van der Waals surface area contributed by atoms with Gasteiger partial charge in [-0.2, -0.15) is 0 Å². The normalized spacial score (nSPS) is 18.5. The van der Waals surface area contributed by atoms with Gasteiger partial charge >= 0.3 is 18.0 Å². The second-order valence-corrected chi connectivity index (χ2v) is 6.00. The van der Waals surface area contributed by atoms with Gasteiger partial charge in [0.05, 0.1) is 6.54 Å². The number of carbonyl (C=O) groups excluding carboxylic acids is 4. The van der Waals surface area contributed by atoms with E-state index in [-0.39, 0.29) is 0 Å². The fraction of sp³-hybridized carbons (Fsp3) is 0.692. The van der Waals surface area contributed by atoms with Crippen molar-refractivity contribution in [1.82, 2.24) is 5.32 Å². The molecule has 0 atom stereocenters. The molecule has 1 fully saturated rings. The molecule has 0 spiro atoms. The number of cyclic esters (lactones) is 2. The number of nitrogens with one attached hydrogen (secondary N) is 1. The average molecular weight is 301 g/mol. The highest BCUT2D eigenvalue weighted by molar-refractivity contribution is 6.16. The number of rotatable bonds is 3. The average Bonchev–Trinajstić information content (AvgIpc) is 2.20. The summed E-state index contributed by atoms with van der Waals surface area (Å²) in [6.45, 7) is 7.19. The highest BCUT2D eigenvalue weighted by Gasteiger charge is 2.47. The molecule has 0 radical (unpaired) electrons. The number of esters is 2. The maximum Gasteiger partial charge on any atom is 0.408 e. The summed E-state index contributed by atoms with van der Waals surface area (Å²) in [7, 11) is 0. The van der Waals surface area contributed by atoms with Crippen molar-refractivity contribution in [2.45, 2.75) is 46.0 Å². The van der Waals surface area contributed by atoms with Crippen molar-refractivity contribution in [2.24, 2.45) is 5.92 Å². The van der Waals surface area contributed by atoms with E-state index in [1.807, 2.05) is 0 Å². The Morgan fingerprint density at radius 2 is 1.67 bits per heavy atom. The van der Waals surface area contributed by atoms with Crippen LogP contribution in [0.15, 0.2) is 0 Å². The molecule has 1 rings (SSSR count). The van der Waals surface area contributed by atoms with E-state index in [0.29, 0.717) is 0 Å². The Labute approximate surface area is 122 Å². The molecule has 0 unspecified atom stereocenters. The molecule has 8 nitrogen and oxygen atoms in total. The Morgan fingerprint density at radius 3 is 2.10 bits per heavy atom. The highest BCUT2D eigenvalue weighted by Crippen LogP contribution is 2.23. The van der Waals surface area contributed by atoms with Crippen LogP contribution in [0.1, 0.15) is 34.6 Å². The van der Waals surface area contributed by atoms with Gasteiger partial charge in [-0.1, -0.05) is 0 Å². The van der Waals surface area contributed by atoms with Gasteiger partial charge in [0, 0.05) is 13.8 Å². The van der Waals surface area contributed by atoms with Gasteiger partial charge in [-0.25, -0.2) is 4.79 Å². The number of ketones is 1. The van der Waals surface area contributed by atoms with Crippen LogP contribution < -0.4 is 5.32 Å². The van der Waals surface area contributed by atoms with Crippen molar-refractivity contribution in [2.75, 3.05) is 6.54 Å². The smallest absolute Gasteiger partial charge is 0.408 e. The Hall–Kier alpha value is -2.12. The SMILES string of the molecule is CC(C)(C)OC(=O)NCC(=O)C1C(=O)OC(C)(C)OC1=O. The summed E-state index contributed by atoms with van der Waals surface area (Å²) in [5, 5.41) is 2.17. The Morgan fingerprint density at radius 1 is 1.19 bits per heavy atom. The molecule has 1 amide bonds. The van der Waals surface area contributed by atoms with E-state index in [1.54, 1.807) is 20.8 Å². The van der Waals surface area contributed by atoms with Crippen molar-refractivity contribution in [3.8, 4) is 0 Å². The molecule has 1 N–H and O–H groups in total. The first kappa shape index (κ1) is 16.9. The Balaban J connectivity index is 2.58. The van der Waals surface area contributed by atoms with Gasteiger partial charge in [0.25, 0.3) is 5.79 Å². The zero-order valence-corrected chi connectivity index (χ0v) is 12.6. The van der Waals surface area contributed by atoms with E-state index in [0.717, 1.165) is 0 Å². The molecule has 0 aliphatic carbocycles. The molecular formula is C13H19NO7. The van der Waals surface area contributed by atoms with Gasteiger partial charge in [-0.3, -0.25) is 14.4 Å². The van der Waals surface area contributed by atoms with Crippen LogP contribution in [0.25, 0.3) is 0 Å². The number of hydrogen-bond donors (Lipinski definition) is 1. The van der Waals surface area contributed by atoms with Gasteiger partial charge in [-0.15, -0.1) is 0 Å². The third kappa shape index (κ3) is 5.05. The predicted molar refractivity (Wildman–Crippen MR) is 69.0 cm³/mol. The molecule has 0 aromatic heterocycles. The lowest BCUT2D eigenvalue weighted by molar-refractivity contribution is -0.238. The first-order valence-corrected chi connectivity index (χ1v) is 6.36. The topological polar surface area (TPSA) is 108 Å². The third-order valence-electron chi connectivity index (χ3n) is 2.29. The molecule has 0 saturated carbocycles. The van der Waals surface area contributed by atoms with E-state index in [9.17, 15) is 19.2 Å². The Kier molecular flexibility index (Phi) is 4.60. The van der Waals surface area contributed by atoms with Crippen LogP contribution in [0, 0.1) is 5.92 Å². The summed E-state index contributed by atoms with van der Waals surface area (Å²) in [6, 6.07) is 0. The Bertz CT molecular complexity index is 455. The lowest BCUT2D eigenvalue weighted by Crippen LogP contribution is -2.51. The van der Waals surface area contributed by atoms with E-state index >= 15 is 0 Å². The standard InChI is InChI=1S/C13H19NO7/c1-12(2,3)21-11(18)14-6-7(15)8-9(16)19-13(4,5)20-10(8)17/h8H,6H2,1-5H3,(H,14,18). The largest absolute Gasteiger partial charge is 0.444 e. The lowest BCUT2D eigenvalue weighted by Gasteiger charge is -2.32. The van der Waals surface area contributed by atoms with Gasteiger partial charge in [0.15, 0.2) is 5.78 Å². The zero-order valence-electron chi connectivity index (χ0n) is 12.6. The number of Topliss-reactive ketones (excluding diaryl/α,β-unsaturated/α-hetero) is 1. The minimum atomic E-state index is -1.69. The second-order valence-electron chi connectivity index (χ2n) is 6.00. The highest BCUT2D eigenvalue weighted by atomic mass is 16.7. The molecule has 1 saturated heterocycles. The fourth-order valence-corrected chi connectivity index (χ4v) is 1.56. The third-order valence-corrected chi connectivity index (χ3v) is 2.29. The van der Waals surface area contributed by atoms with Crippen LogP contribution in [0.5, 0.6) is 0 Å². The molecular weight excluding hydrogens is 282 g/mol. The second kappa shape index (κ2) is 5.71. The van der Waals surface area contributed by atoms with Crippen LogP contribution in [0.2, 0.25) is 0 Å². The van der Waals surface area contributed by atoms with E-state index in [4.69, 9.17) is 14.2 Å². The molecule has 1 aliphatic heterocycles.